The number of carbonyl (C=O) groups excluding carboxylic acids is 1. The number of thiophene rings is 1. The lowest BCUT2D eigenvalue weighted by atomic mass is 10.0. The largest absolute Gasteiger partial charge is 0.390 e. The molecule has 6 heteroatoms. The van der Waals surface area contributed by atoms with E-state index in [1.165, 1.54) is 11.3 Å². The Labute approximate surface area is 125 Å². The molecule has 2 N–H and O–H groups in total. The lowest BCUT2D eigenvalue weighted by molar-refractivity contribution is 0.103. The highest BCUT2D eigenvalue weighted by molar-refractivity contribution is 7.16. The Bertz CT molecular complexity index is 638. The number of benzene rings is 1. The maximum atomic E-state index is 12.5. The molecule has 1 heterocycles. The van der Waals surface area contributed by atoms with Crippen molar-refractivity contribution in [3.63, 3.8) is 0 Å². The normalized spacial score (nSPS) is 10.5. The fourth-order valence-electron chi connectivity index (χ4n) is 1.83. The third-order valence-electron chi connectivity index (χ3n) is 2.94. The maximum Gasteiger partial charge on any atom is 0.196 e. The van der Waals surface area contributed by atoms with E-state index in [0.717, 1.165) is 14.4 Å². The number of nitrogens with two attached hydrogens (primary N) is 1. The van der Waals surface area contributed by atoms with Crippen molar-refractivity contribution in [1.82, 2.24) is 0 Å². The van der Waals surface area contributed by atoms with Crippen LogP contribution < -0.4 is 9.67 Å². The summed E-state index contributed by atoms with van der Waals surface area (Å²) in [5.41, 5.74) is 8.45. The number of hydrogen-bond acceptors (Lipinski definition) is 4. The fourth-order valence-corrected chi connectivity index (χ4v) is 2.98. The zero-order valence-corrected chi connectivity index (χ0v) is 12.7. The number of rotatable bonds is 3. The van der Waals surface area contributed by atoms with Gasteiger partial charge >= 0.3 is 0 Å². The van der Waals surface area contributed by atoms with E-state index >= 15 is 0 Å². The van der Waals surface area contributed by atoms with Gasteiger partial charge in [0.25, 0.3) is 0 Å². The van der Waals surface area contributed by atoms with E-state index in [1.807, 2.05) is 13.8 Å². The zero-order chi connectivity index (χ0) is 14.2. The van der Waals surface area contributed by atoms with E-state index < -0.39 is 0 Å². The highest BCUT2D eigenvalue weighted by atomic mass is 35.5. The molecule has 0 spiro atoms. The molecule has 1 aromatic heterocycles. The van der Waals surface area contributed by atoms with E-state index in [1.54, 1.807) is 24.3 Å². The van der Waals surface area contributed by atoms with Crippen molar-refractivity contribution >= 4 is 51.4 Å². The Kier molecular flexibility index (Phi) is 4.04. The van der Waals surface area contributed by atoms with Crippen LogP contribution in [-0.2, 0) is 0 Å². The van der Waals surface area contributed by atoms with Crippen LogP contribution in [0.15, 0.2) is 24.3 Å². The van der Waals surface area contributed by atoms with Crippen LogP contribution in [0.3, 0.4) is 0 Å². The van der Waals surface area contributed by atoms with E-state index in [0.29, 0.717) is 21.8 Å². The van der Waals surface area contributed by atoms with Gasteiger partial charge in [-0.25, -0.2) is 0 Å². The van der Waals surface area contributed by atoms with Gasteiger partial charge in [-0.3, -0.25) is 4.79 Å². The molecule has 0 saturated carbocycles. The Morgan fingerprint density at radius 2 is 2.00 bits per heavy atom. The van der Waals surface area contributed by atoms with Crippen LogP contribution >= 0.6 is 34.9 Å². The molecule has 0 radical (unpaired) electrons. The molecule has 1 aromatic carbocycles. The number of halogens is 2. The van der Waals surface area contributed by atoms with Gasteiger partial charge in [0.2, 0.25) is 0 Å². The third kappa shape index (κ3) is 2.71. The van der Waals surface area contributed by atoms with Gasteiger partial charge in [-0.2, -0.15) is 3.94 Å². The van der Waals surface area contributed by atoms with Crippen molar-refractivity contribution in [2.75, 3.05) is 9.67 Å². The average Bonchev–Trinajstić information content (AvgIpc) is 2.62. The Morgan fingerprint density at radius 3 is 2.53 bits per heavy atom. The minimum atomic E-state index is -0.114. The monoisotopic (exact) mass is 314 g/mol. The summed E-state index contributed by atoms with van der Waals surface area (Å²) in [5.74, 6) is -0.114. The van der Waals surface area contributed by atoms with Crippen LogP contribution in [0.1, 0.15) is 26.4 Å². The van der Waals surface area contributed by atoms with Crippen LogP contribution in [-0.4, -0.2) is 5.78 Å². The van der Waals surface area contributed by atoms with Crippen molar-refractivity contribution < 1.29 is 4.79 Å². The van der Waals surface area contributed by atoms with Gasteiger partial charge in [0, 0.05) is 34.0 Å². The van der Waals surface area contributed by atoms with Gasteiger partial charge in [-0.05, 0) is 31.5 Å². The molecule has 100 valence electrons. The molecule has 19 heavy (non-hydrogen) atoms. The molecular formula is C13H12Cl2N2OS. The van der Waals surface area contributed by atoms with E-state index in [2.05, 4.69) is 0 Å². The molecule has 0 aliphatic rings. The molecule has 0 aliphatic carbocycles. The van der Waals surface area contributed by atoms with Crippen LogP contribution in [0, 0.1) is 13.8 Å². The van der Waals surface area contributed by atoms with Crippen molar-refractivity contribution in [1.29, 1.82) is 0 Å². The summed E-state index contributed by atoms with van der Waals surface area (Å²) in [6.45, 7) is 3.84. The maximum absolute atomic E-state index is 12.5. The molecule has 2 aromatic rings. The predicted molar refractivity (Wildman–Crippen MR) is 82.3 cm³/mol. The van der Waals surface area contributed by atoms with Crippen molar-refractivity contribution in [3.05, 3.63) is 45.8 Å². The Morgan fingerprint density at radius 1 is 1.32 bits per heavy atom. The molecule has 3 nitrogen and oxygen atoms in total. The van der Waals surface area contributed by atoms with Crippen molar-refractivity contribution in [3.8, 4) is 0 Å². The van der Waals surface area contributed by atoms with Gasteiger partial charge in [-0.15, -0.1) is 11.3 Å². The molecule has 0 aliphatic heterocycles. The van der Waals surface area contributed by atoms with Crippen LogP contribution in [0.4, 0.5) is 10.7 Å². The number of anilines is 2. The van der Waals surface area contributed by atoms with Crippen molar-refractivity contribution in [2.24, 2.45) is 0 Å². The van der Waals surface area contributed by atoms with E-state index in [-0.39, 0.29) is 5.78 Å². The Balaban J connectivity index is 2.47. The van der Waals surface area contributed by atoms with Gasteiger partial charge < -0.3 is 5.73 Å². The number of aryl methyl sites for hydroxylation is 1. The lowest BCUT2D eigenvalue weighted by Gasteiger charge is -2.08. The standard InChI is InChI=1S/C13H12Cl2N2OS/c1-7-8(2)19-13(16)11(7)12(18)9-4-3-5-10(6-9)17(14)15/h3-6H,16H2,1-2H3. The van der Waals surface area contributed by atoms with Crippen LogP contribution in [0.5, 0.6) is 0 Å². The quantitative estimate of drug-likeness (QED) is 0.679. The van der Waals surface area contributed by atoms with Gasteiger partial charge in [0.05, 0.1) is 16.3 Å². The summed E-state index contributed by atoms with van der Waals surface area (Å²) in [4.78, 5) is 13.5. The highest BCUT2D eigenvalue weighted by Crippen LogP contribution is 2.32. The first kappa shape index (κ1) is 14.2. The summed E-state index contributed by atoms with van der Waals surface area (Å²) in [6.07, 6.45) is 0. The smallest absolute Gasteiger partial charge is 0.196 e. The summed E-state index contributed by atoms with van der Waals surface area (Å²) in [7, 11) is 0. The summed E-state index contributed by atoms with van der Waals surface area (Å²) in [6, 6.07) is 6.79. The van der Waals surface area contributed by atoms with Crippen molar-refractivity contribution in [2.45, 2.75) is 13.8 Å². The van der Waals surface area contributed by atoms with Crippen LogP contribution in [0.25, 0.3) is 0 Å². The summed E-state index contributed by atoms with van der Waals surface area (Å²) >= 11 is 12.7. The SMILES string of the molecule is Cc1sc(N)c(C(=O)c2cccc(N(Cl)Cl)c2)c1C. The van der Waals surface area contributed by atoms with Crippen LogP contribution in [0.2, 0.25) is 0 Å². The second kappa shape index (κ2) is 5.41. The molecular weight excluding hydrogens is 303 g/mol. The first-order valence-electron chi connectivity index (χ1n) is 5.53. The summed E-state index contributed by atoms with van der Waals surface area (Å²) < 4.78 is 0.922. The second-order valence-electron chi connectivity index (χ2n) is 4.13. The molecule has 0 saturated heterocycles. The minimum absolute atomic E-state index is 0.114. The fraction of sp³-hybridized carbons (Fsp3) is 0.154. The predicted octanol–water partition coefficient (Wildman–Crippen LogP) is 4.29. The third-order valence-corrected chi connectivity index (χ3v) is 4.37. The number of nitrogens with zero attached hydrogens (tertiary/aromatic N) is 1. The molecule has 0 unspecified atom stereocenters. The minimum Gasteiger partial charge on any atom is -0.390 e. The Hall–Kier alpha value is -1.23. The topological polar surface area (TPSA) is 46.3 Å². The number of ketones is 1. The number of carbonyl (C=O) groups is 1. The first-order valence-corrected chi connectivity index (χ1v) is 7.03. The molecule has 2 rings (SSSR count). The van der Waals surface area contributed by atoms with Gasteiger partial charge in [-0.1, -0.05) is 12.1 Å². The molecule has 0 fully saturated rings. The van der Waals surface area contributed by atoms with Gasteiger partial charge in [0.1, 0.15) is 0 Å². The summed E-state index contributed by atoms with van der Waals surface area (Å²) in [5, 5.41) is 0.541. The van der Waals surface area contributed by atoms with E-state index in [9.17, 15) is 4.79 Å². The number of hydrogen-bond donors (Lipinski definition) is 1. The lowest BCUT2D eigenvalue weighted by Crippen LogP contribution is -2.05. The zero-order valence-electron chi connectivity index (χ0n) is 10.4. The van der Waals surface area contributed by atoms with E-state index in [4.69, 9.17) is 29.3 Å². The average molecular weight is 315 g/mol. The second-order valence-corrected chi connectivity index (χ2v) is 6.24. The van der Waals surface area contributed by atoms with Gasteiger partial charge in [0.15, 0.2) is 5.78 Å². The molecule has 0 atom stereocenters. The first-order chi connectivity index (χ1) is 8.91. The molecule has 0 amide bonds. The highest BCUT2D eigenvalue weighted by Gasteiger charge is 2.19. The molecule has 0 bridgehead atoms. The number of nitrogen functional groups attached to an aromatic ring is 1.